The van der Waals surface area contributed by atoms with Crippen molar-refractivity contribution < 1.29 is 27.1 Å². The fraction of sp³-hybridized carbons (Fsp3) is 0.500. The van der Waals surface area contributed by atoms with Gasteiger partial charge in [0.15, 0.2) is 28.0 Å². The molecule has 2 aliphatic heterocycles. The number of rotatable bonds is 5. The molecule has 0 spiro atoms. The van der Waals surface area contributed by atoms with Gasteiger partial charge >= 0.3 is 0 Å². The van der Waals surface area contributed by atoms with Crippen LogP contribution in [0.1, 0.15) is 35.7 Å². The second kappa shape index (κ2) is 8.14. The van der Waals surface area contributed by atoms with Gasteiger partial charge in [0.2, 0.25) is 5.91 Å². The van der Waals surface area contributed by atoms with E-state index in [9.17, 15) is 22.4 Å². The standard InChI is InChI=1S/C20H21F4N3O2S/c1-26-14(7-16(28)25-8-11-3-2-4-29-11)15-5-10(9-27(15)20(26)30)17-18(23)12(21)6-13(22)19(17)24/h6,10-11H,2-5,7-9H2,1H3,(H,25,28)/t10-,11-/m0/s1. The van der Waals surface area contributed by atoms with E-state index in [1.807, 2.05) is 0 Å². The number of nitrogens with one attached hydrogen (secondary N) is 1. The van der Waals surface area contributed by atoms with Crippen molar-refractivity contribution in [1.82, 2.24) is 14.5 Å². The van der Waals surface area contributed by atoms with E-state index in [0.717, 1.165) is 12.8 Å². The van der Waals surface area contributed by atoms with E-state index in [1.54, 1.807) is 16.2 Å². The van der Waals surface area contributed by atoms with E-state index in [0.29, 0.717) is 29.3 Å². The van der Waals surface area contributed by atoms with Crippen molar-refractivity contribution in [1.29, 1.82) is 0 Å². The highest BCUT2D eigenvalue weighted by Crippen LogP contribution is 2.36. The highest BCUT2D eigenvalue weighted by Gasteiger charge is 2.34. The average Bonchev–Trinajstić information content (AvgIpc) is 3.42. The molecule has 0 bridgehead atoms. The van der Waals surface area contributed by atoms with Crippen molar-refractivity contribution in [2.75, 3.05) is 13.2 Å². The first-order valence-electron chi connectivity index (χ1n) is 9.76. The Hall–Kier alpha value is -2.20. The summed E-state index contributed by atoms with van der Waals surface area (Å²) in [5.74, 6) is -6.69. The minimum absolute atomic E-state index is 0.00942. The molecule has 10 heteroatoms. The van der Waals surface area contributed by atoms with Gasteiger partial charge in [0.1, 0.15) is 0 Å². The van der Waals surface area contributed by atoms with Gasteiger partial charge in [0.05, 0.1) is 12.5 Å². The zero-order chi connectivity index (χ0) is 21.6. The van der Waals surface area contributed by atoms with Crippen LogP contribution >= 0.6 is 12.2 Å². The van der Waals surface area contributed by atoms with Crippen molar-refractivity contribution in [3.63, 3.8) is 0 Å². The zero-order valence-electron chi connectivity index (χ0n) is 16.3. The number of hydrogen-bond donors (Lipinski definition) is 1. The molecule has 1 aromatic heterocycles. The molecule has 0 radical (unpaired) electrons. The fourth-order valence-electron chi connectivity index (χ4n) is 4.31. The first kappa shape index (κ1) is 21.0. The van der Waals surface area contributed by atoms with E-state index in [-0.39, 0.29) is 37.5 Å². The van der Waals surface area contributed by atoms with Crippen LogP contribution in [0.3, 0.4) is 0 Å². The Kier molecular flexibility index (Phi) is 5.71. The number of aromatic nitrogens is 2. The Bertz CT molecular complexity index is 1030. The largest absolute Gasteiger partial charge is 0.376 e. The molecular formula is C20H21F4N3O2S. The van der Waals surface area contributed by atoms with Gasteiger partial charge < -0.3 is 19.2 Å². The summed E-state index contributed by atoms with van der Waals surface area (Å²) >= 11 is 5.40. The summed E-state index contributed by atoms with van der Waals surface area (Å²) < 4.78 is 65.1. The molecule has 1 fully saturated rings. The second-order valence-electron chi connectivity index (χ2n) is 7.74. The minimum atomic E-state index is -1.43. The van der Waals surface area contributed by atoms with Crippen molar-refractivity contribution in [3.05, 3.63) is 51.1 Å². The Labute approximate surface area is 175 Å². The highest BCUT2D eigenvalue weighted by molar-refractivity contribution is 7.71. The van der Waals surface area contributed by atoms with E-state index < -0.39 is 34.8 Å². The SMILES string of the molecule is Cn1c(CC(=O)NC[C@@H]2CCCO2)c2n(c1=S)C[C@@H](c1c(F)c(F)cc(F)c1F)C2. The predicted octanol–water partition coefficient (Wildman–Crippen LogP) is 3.29. The molecule has 1 N–H and O–H groups in total. The lowest BCUT2D eigenvalue weighted by Gasteiger charge is -2.14. The summed E-state index contributed by atoms with van der Waals surface area (Å²) in [6.07, 6.45) is 2.03. The number of imidazole rings is 1. The summed E-state index contributed by atoms with van der Waals surface area (Å²) in [7, 11) is 1.72. The molecule has 0 aliphatic carbocycles. The van der Waals surface area contributed by atoms with Crippen LogP contribution in [0.2, 0.25) is 0 Å². The van der Waals surface area contributed by atoms with Crippen LogP contribution in [0.15, 0.2) is 6.07 Å². The molecule has 4 rings (SSSR count). The van der Waals surface area contributed by atoms with E-state index >= 15 is 0 Å². The summed E-state index contributed by atoms with van der Waals surface area (Å²) in [6, 6.07) is 0.200. The molecular weight excluding hydrogens is 422 g/mol. The maximum Gasteiger partial charge on any atom is 0.226 e. The van der Waals surface area contributed by atoms with Crippen LogP contribution in [0.4, 0.5) is 17.6 Å². The first-order chi connectivity index (χ1) is 14.3. The third-order valence-electron chi connectivity index (χ3n) is 5.86. The molecule has 0 saturated carbocycles. The van der Waals surface area contributed by atoms with Crippen molar-refractivity contribution in [3.8, 4) is 0 Å². The van der Waals surface area contributed by atoms with Gasteiger partial charge in [0, 0.05) is 55.7 Å². The van der Waals surface area contributed by atoms with Gasteiger partial charge in [-0.25, -0.2) is 17.6 Å². The number of fused-ring (bicyclic) bond motifs is 1. The molecule has 3 heterocycles. The van der Waals surface area contributed by atoms with Gasteiger partial charge in [0.25, 0.3) is 0 Å². The van der Waals surface area contributed by atoms with Crippen LogP contribution in [-0.4, -0.2) is 34.3 Å². The van der Waals surface area contributed by atoms with Crippen LogP contribution in [0.5, 0.6) is 0 Å². The number of halogens is 4. The number of benzene rings is 1. The topological polar surface area (TPSA) is 48.2 Å². The van der Waals surface area contributed by atoms with Gasteiger partial charge in [-0.1, -0.05) is 0 Å². The van der Waals surface area contributed by atoms with Crippen LogP contribution in [0, 0.1) is 28.0 Å². The Morgan fingerprint density at radius 2 is 1.97 bits per heavy atom. The minimum Gasteiger partial charge on any atom is -0.376 e. The highest BCUT2D eigenvalue weighted by atomic mass is 32.1. The second-order valence-corrected chi connectivity index (χ2v) is 8.11. The molecule has 2 atom stereocenters. The lowest BCUT2D eigenvalue weighted by atomic mass is 9.94. The average molecular weight is 443 g/mol. The number of hydrogen-bond acceptors (Lipinski definition) is 3. The Balaban J connectivity index is 1.56. The van der Waals surface area contributed by atoms with Crippen LogP contribution in [0.25, 0.3) is 0 Å². The molecule has 162 valence electrons. The van der Waals surface area contributed by atoms with Gasteiger partial charge in [-0.2, -0.15) is 0 Å². The van der Waals surface area contributed by atoms with Gasteiger partial charge in [-0.3, -0.25) is 4.79 Å². The zero-order valence-corrected chi connectivity index (χ0v) is 17.1. The Morgan fingerprint density at radius 1 is 1.27 bits per heavy atom. The van der Waals surface area contributed by atoms with E-state index in [2.05, 4.69) is 5.32 Å². The Morgan fingerprint density at radius 3 is 2.60 bits per heavy atom. The lowest BCUT2D eigenvalue weighted by molar-refractivity contribution is -0.121. The van der Waals surface area contributed by atoms with E-state index in [1.165, 1.54) is 0 Å². The fourth-order valence-corrected chi connectivity index (χ4v) is 4.60. The normalized spacial score (nSPS) is 20.6. The maximum absolute atomic E-state index is 14.3. The maximum atomic E-state index is 14.3. The molecule has 2 aliphatic rings. The van der Waals surface area contributed by atoms with E-state index in [4.69, 9.17) is 17.0 Å². The smallest absolute Gasteiger partial charge is 0.226 e. The van der Waals surface area contributed by atoms with Crippen molar-refractivity contribution in [2.24, 2.45) is 7.05 Å². The molecule has 1 saturated heterocycles. The van der Waals surface area contributed by atoms with Crippen LogP contribution < -0.4 is 5.32 Å². The van der Waals surface area contributed by atoms with Crippen molar-refractivity contribution in [2.45, 2.75) is 44.2 Å². The number of nitrogens with zero attached hydrogens (tertiary/aromatic N) is 2. The predicted molar refractivity (Wildman–Crippen MR) is 103 cm³/mol. The molecule has 5 nitrogen and oxygen atoms in total. The first-order valence-corrected chi connectivity index (χ1v) is 10.2. The number of ether oxygens (including phenoxy) is 1. The molecule has 2 aromatic rings. The lowest BCUT2D eigenvalue weighted by Crippen LogP contribution is -2.33. The molecule has 1 amide bonds. The third kappa shape index (κ3) is 3.66. The summed E-state index contributed by atoms with van der Waals surface area (Å²) in [5.41, 5.74) is 0.635. The van der Waals surface area contributed by atoms with Crippen molar-refractivity contribution >= 4 is 18.1 Å². The summed E-state index contributed by atoms with van der Waals surface area (Å²) in [5, 5.41) is 2.84. The number of amides is 1. The monoisotopic (exact) mass is 443 g/mol. The summed E-state index contributed by atoms with van der Waals surface area (Å²) in [6.45, 7) is 1.19. The van der Waals surface area contributed by atoms with Crippen LogP contribution in [-0.2, 0) is 36.0 Å². The third-order valence-corrected chi connectivity index (χ3v) is 6.35. The number of carbonyl (C=O) groups excluding carboxylic acids is 1. The van der Waals surface area contributed by atoms with Gasteiger partial charge in [-0.05, 0) is 31.5 Å². The molecule has 30 heavy (non-hydrogen) atoms. The number of carbonyl (C=O) groups is 1. The van der Waals surface area contributed by atoms with Gasteiger partial charge in [-0.15, -0.1) is 0 Å². The summed E-state index contributed by atoms with van der Waals surface area (Å²) in [4.78, 5) is 12.4. The quantitative estimate of drug-likeness (QED) is 0.438. The molecule has 1 aromatic carbocycles. The molecule has 0 unspecified atom stereocenters.